The van der Waals surface area contributed by atoms with Crippen LogP contribution < -0.4 is 33.6 Å². The quantitative estimate of drug-likeness (QED) is 0.0971. The van der Waals surface area contributed by atoms with Crippen LogP contribution in [0.4, 0.5) is 22.7 Å². The van der Waals surface area contributed by atoms with Crippen LogP contribution in [0.1, 0.15) is 93.7 Å². The molecule has 0 aliphatic heterocycles. The molecule has 0 spiro atoms. The first-order valence-electron chi connectivity index (χ1n) is 15.3. The Hall–Kier alpha value is -3.18. The maximum Gasteiger partial charge on any atom is 0.255 e. The van der Waals surface area contributed by atoms with Crippen LogP contribution in [0.5, 0.6) is 0 Å². The Labute approximate surface area is 278 Å². The van der Waals surface area contributed by atoms with Gasteiger partial charge >= 0.3 is 0 Å². The van der Waals surface area contributed by atoms with E-state index in [1.165, 1.54) is 29.9 Å². The molecule has 0 atom stereocenters. The van der Waals surface area contributed by atoms with Gasteiger partial charge in [-0.05, 0) is 64.4 Å². The third-order valence-electron chi connectivity index (χ3n) is 6.58. The summed E-state index contributed by atoms with van der Waals surface area (Å²) in [5.74, 6) is 0.625. The molecule has 0 heterocycles. The first-order valence-corrected chi connectivity index (χ1v) is 17.3. The Morgan fingerprint density at radius 3 is 1.33 bits per heavy atom. The smallest absolute Gasteiger partial charge is 0.255 e. The van der Waals surface area contributed by atoms with Gasteiger partial charge in [-0.3, -0.25) is 9.59 Å². The minimum atomic E-state index is -0.345. The number of nitrogens with two attached hydrogens (primary N) is 4. The number of amides is 2. The summed E-state index contributed by atoms with van der Waals surface area (Å²) < 4.78 is 0. The molecule has 0 saturated carbocycles. The molecule has 45 heavy (non-hydrogen) atoms. The molecule has 0 fully saturated rings. The Bertz CT molecular complexity index is 1360. The van der Waals surface area contributed by atoms with Crippen molar-refractivity contribution in [1.82, 2.24) is 0 Å². The van der Waals surface area contributed by atoms with Crippen LogP contribution in [-0.4, -0.2) is 36.4 Å². The fraction of sp³-hybridized carbons (Fsp3) is 0.429. The molecule has 10 N–H and O–H groups in total. The molecule has 3 aromatic carbocycles. The molecule has 3 rings (SSSR count). The Morgan fingerprint density at radius 2 is 1.02 bits per heavy atom. The van der Waals surface area contributed by atoms with Crippen molar-refractivity contribution >= 4 is 58.1 Å². The van der Waals surface area contributed by atoms with Crippen LogP contribution in [0.25, 0.3) is 0 Å². The average molecular weight is 653 g/mol. The van der Waals surface area contributed by atoms with Crippen LogP contribution in [0, 0.1) is 0 Å². The molecule has 0 unspecified atom stereocenters. The van der Waals surface area contributed by atoms with Crippen LogP contribution in [0.15, 0.2) is 58.3 Å². The third kappa shape index (κ3) is 11.0. The number of benzene rings is 3. The zero-order valence-electron chi connectivity index (χ0n) is 28.1. The van der Waals surface area contributed by atoms with Gasteiger partial charge in [-0.15, -0.1) is 23.5 Å². The number of thioether (sulfide) groups is 2. The van der Waals surface area contributed by atoms with Gasteiger partial charge in [0, 0.05) is 47.1 Å². The molecule has 2 amide bonds. The van der Waals surface area contributed by atoms with E-state index in [1.807, 2.05) is 24.3 Å². The number of carbonyl (C=O) groups excluding carboxylic acids is 2. The lowest BCUT2D eigenvalue weighted by Crippen LogP contribution is -2.19. The van der Waals surface area contributed by atoms with Gasteiger partial charge < -0.3 is 33.6 Å². The van der Waals surface area contributed by atoms with Crippen molar-refractivity contribution in [2.24, 2.45) is 11.5 Å². The highest BCUT2D eigenvalue weighted by molar-refractivity contribution is 7.99. The molecule has 0 aliphatic carbocycles. The molecule has 0 radical (unpaired) electrons. The van der Waals surface area contributed by atoms with Gasteiger partial charge in [0.15, 0.2) is 0 Å². The predicted molar refractivity (Wildman–Crippen MR) is 197 cm³/mol. The Morgan fingerprint density at radius 1 is 0.667 bits per heavy atom. The summed E-state index contributed by atoms with van der Waals surface area (Å²) >= 11 is 3.00. The second-order valence-corrected chi connectivity index (χ2v) is 15.1. The van der Waals surface area contributed by atoms with E-state index in [9.17, 15) is 9.59 Å². The lowest BCUT2D eigenvalue weighted by atomic mass is 9.86. The fourth-order valence-corrected chi connectivity index (χ4v) is 5.82. The van der Waals surface area contributed by atoms with Crippen molar-refractivity contribution in [3.8, 4) is 0 Å². The summed E-state index contributed by atoms with van der Waals surface area (Å²) in [5.41, 5.74) is 29.1. The Kier molecular flexibility index (Phi) is 14.3. The largest absolute Gasteiger partial charge is 0.398 e. The summed E-state index contributed by atoms with van der Waals surface area (Å²) in [6, 6.07) is 14.4. The zero-order valence-corrected chi connectivity index (χ0v) is 29.7. The van der Waals surface area contributed by atoms with Gasteiger partial charge in [-0.1, -0.05) is 67.9 Å². The van der Waals surface area contributed by atoms with Crippen molar-refractivity contribution in [2.45, 2.75) is 82.4 Å². The van der Waals surface area contributed by atoms with Gasteiger partial charge in [0.1, 0.15) is 0 Å². The van der Waals surface area contributed by atoms with E-state index in [4.69, 9.17) is 22.9 Å². The van der Waals surface area contributed by atoms with Gasteiger partial charge in [0.25, 0.3) is 11.8 Å². The average Bonchev–Trinajstić information content (AvgIpc) is 2.95. The number of hydrogen-bond donors (Lipinski definition) is 6. The normalized spacial score (nSPS) is 11.4. The molecule has 10 heteroatoms. The summed E-state index contributed by atoms with van der Waals surface area (Å²) in [6.07, 6.45) is 1.25. The van der Waals surface area contributed by atoms with Gasteiger partial charge in [0.05, 0.1) is 21.2 Å². The maximum absolute atomic E-state index is 13.5. The standard InChI is InChI=1S/C32H44N6O2S2.C3H8/c1-31(2,3)21-15-23(35)27(41-12-10-33)25(17-21)37-29(39)19-8-7-9-20(14-19)30(40)38-26-18-22(32(4,5)6)16-24(36)28(26)42-13-11-34;1-3-2/h7-9,14-18H,10-13,33-36H2,1-6H3,(H,37,39)(H,38,40);3H2,1-2H3. The summed E-state index contributed by atoms with van der Waals surface area (Å²) in [7, 11) is 0. The first kappa shape index (κ1) is 38.0. The van der Waals surface area contributed by atoms with Crippen molar-refractivity contribution in [3.63, 3.8) is 0 Å². The number of carbonyl (C=O) groups is 2. The van der Waals surface area contributed by atoms with E-state index in [2.05, 4.69) is 66.0 Å². The fourth-order valence-electron chi connectivity index (χ4n) is 4.19. The Balaban J connectivity index is 0.00000226. The molecule has 0 saturated heterocycles. The highest BCUT2D eigenvalue weighted by Crippen LogP contribution is 2.39. The topological polar surface area (TPSA) is 162 Å². The van der Waals surface area contributed by atoms with Crippen LogP contribution in [0.3, 0.4) is 0 Å². The zero-order chi connectivity index (χ0) is 33.9. The molecule has 0 bridgehead atoms. The molecule has 0 aromatic heterocycles. The van der Waals surface area contributed by atoms with Gasteiger partial charge in [0.2, 0.25) is 0 Å². The number of hydrogen-bond acceptors (Lipinski definition) is 8. The monoisotopic (exact) mass is 652 g/mol. The number of rotatable bonds is 10. The van der Waals surface area contributed by atoms with Crippen LogP contribution in [0.2, 0.25) is 0 Å². The minimum Gasteiger partial charge on any atom is -0.398 e. The van der Waals surface area contributed by atoms with E-state index in [1.54, 1.807) is 24.3 Å². The van der Waals surface area contributed by atoms with E-state index in [0.29, 0.717) is 58.5 Å². The van der Waals surface area contributed by atoms with Crippen LogP contribution >= 0.6 is 23.5 Å². The van der Waals surface area contributed by atoms with E-state index >= 15 is 0 Å². The second-order valence-electron chi connectivity index (χ2n) is 12.9. The second kappa shape index (κ2) is 16.9. The number of anilines is 4. The molecular formula is C35H52N6O2S2. The third-order valence-corrected chi connectivity index (χ3v) is 8.95. The first-order chi connectivity index (χ1) is 21.1. The number of nitrogen functional groups attached to an aromatic ring is 2. The summed E-state index contributed by atoms with van der Waals surface area (Å²) in [5, 5.41) is 6.05. The molecule has 246 valence electrons. The van der Waals surface area contributed by atoms with Gasteiger partial charge in [-0.25, -0.2) is 0 Å². The molecule has 8 nitrogen and oxygen atoms in total. The summed E-state index contributed by atoms with van der Waals surface area (Å²) in [4.78, 5) is 28.5. The highest BCUT2D eigenvalue weighted by atomic mass is 32.2. The van der Waals surface area contributed by atoms with E-state index in [0.717, 1.165) is 20.9 Å². The van der Waals surface area contributed by atoms with E-state index in [-0.39, 0.29) is 22.6 Å². The van der Waals surface area contributed by atoms with Crippen LogP contribution in [-0.2, 0) is 10.8 Å². The molecule has 0 aliphatic rings. The maximum atomic E-state index is 13.5. The lowest BCUT2D eigenvalue weighted by Gasteiger charge is -2.23. The lowest BCUT2D eigenvalue weighted by molar-refractivity contribution is 0.102. The van der Waals surface area contributed by atoms with Crippen molar-refractivity contribution in [3.05, 3.63) is 70.8 Å². The van der Waals surface area contributed by atoms with E-state index < -0.39 is 0 Å². The SMILES string of the molecule is CC(C)(C)c1cc(N)c(SCCN)c(NC(=O)c2cccc(C(=O)Nc3cc(C(C)(C)C)cc(N)c3SCCN)c2)c1.CCC. The van der Waals surface area contributed by atoms with Crippen molar-refractivity contribution in [2.75, 3.05) is 46.7 Å². The summed E-state index contributed by atoms with van der Waals surface area (Å²) in [6.45, 7) is 17.7. The number of nitrogens with one attached hydrogen (secondary N) is 2. The predicted octanol–water partition coefficient (Wildman–Crippen LogP) is 7.47. The van der Waals surface area contributed by atoms with Crippen molar-refractivity contribution in [1.29, 1.82) is 0 Å². The van der Waals surface area contributed by atoms with Crippen molar-refractivity contribution < 1.29 is 9.59 Å². The van der Waals surface area contributed by atoms with Gasteiger partial charge in [-0.2, -0.15) is 0 Å². The molecule has 3 aromatic rings. The minimum absolute atomic E-state index is 0.169. The molecular weight excluding hydrogens is 601 g/mol. The highest BCUT2D eigenvalue weighted by Gasteiger charge is 2.22.